The molecule has 1 heterocycles. The Morgan fingerprint density at radius 2 is 1.91 bits per heavy atom. The molecule has 2 nitrogen and oxygen atoms in total. The van der Waals surface area contributed by atoms with Gasteiger partial charge in [0.2, 0.25) is 0 Å². The summed E-state index contributed by atoms with van der Waals surface area (Å²) in [6, 6.07) is 0. The van der Waals surface area contributed by atoms with Gasteiger partial charge >= 0.3 is 0 Å². The summed E-state index contributed by atoms with van der Waals surface area (Å²) in [5.74, 6) is 3.60. The van der Waals surface area contributed by atoms with Crippen LogP contribution in [0.4, 0.5) is 0 Å². The van der Waals surface area contributed by atoms with Gasteiger partial charge in [-0.25, -0.2) is 4.79 Å². The van der Waals surface area contributed by atoms with Gasteiger partial charge < -0.3 is 4.90 Å². The molecule has 1 aliphatic heterocycles. The molecule has 1 saturated carbocycles. The summed E-state index contributed by atoms with van der Waals surface area (Å²) < 4.78 is 0. The van der Waals surface area contributed by atoms with E-state index in [1.54, 1.807) is 6.20 Å². The minimum Gasteiger partial charge on any atom is -0.368 e. The van der Waals surface area contributed by atoms with Crippen LogP contribution < -0.4 is 0 Å². The van der Waals surface area contributed by atoms with E-state index in [0.717, 1.165) is 24.9 Å². The predicted molar refractivity (Wildman–Crippen MR) is 42.7 cm³/mol. The Balaban J connectivity index is 1.99. The fourth-order valence-corrected chi connectivity index (χ4v) is 2.45. The first-order valence-electron chi connectivity index (χ1n) is 4.35. The molecule has 2 atom stereocenters. The number of carbonyl (C=O) groups excluding carboxylic acids is 1. The lowest BCUT2D eigenvalue weighted by Crippen LogP contribution is -2.14. The third-order valence-electron chi connectivity index (χ3n) is 2.99. The second-order valence-corrected chi connectivity index (χ2v) is 3.65. The Morgan fingerprint density at radius 1 is 1.27 bits per heavy atom. The van der Waals surface area contributed by atoms with Crippen molar-refractivity contribution in [2.75, 3.05) is 13.1 Å². The molecule has 0 aromatic rings. The van der Waals surface area contributed by atoms with Crippen LogP contribution in [0.1, 0.15) is 19.3 Å². The summed E-state index contributed by atoms with van der Waals surface area (Å²) >= 11 is 0. The Kier molecular flexibility index (Phi) is 1.71. The van der Waals surface area contributed by atoms with Gasteiger partial charge in [0, 0.05) is 13.1 Å². The van der Waals surface area contributed by atoms with Crippen molar-refractivity contribution in [2.24, 2.45) is 11.8 Å². The smallest absolute Gasteiger partial charge is 0.142 e. The van der Waals surface area contributed by atoms with Gasteiger partial charge in [-0.2, -0.15) is 0 Å². The zero-order chi connectivity index (χ0) is 7.68. The van der Waals surface area contributed by atoms with Crippen molar-refractivity contribution in [2.45, 2.75) is 19.3 Å². The molecule has 1 saturated heterocycles. The lowest BCUT2D eigenvalue weighted by Gasteiger charge is -2.10. The quantitative estimate of drug-likeness (QED) is 0.522. The van der Waals surface area contributed by atoms with E-state index in [0.29, 0.717) is 0 Å². The van der Waals surface area contributed by atoms with Crippen LogP contribution in [-0.2, 0) is 4.79 Å². The summed E-state index contributed by atoms with van der Waals surface area (Å²) in [6.45, 7) is 2.19. The minimum absolute atomic E-state index is 0.875. The van der Waals surface area contributed by atoms with Crippen LogP contribution in [0.3, 0.4) is 0 Å². The van der Waals surface area contributed by atoms with Gasteiger partial charge in [0.15, 0.2) is 0 Å². The van der Waals surface area contributed by atoms with E-state index in [1.807, 2.05) is 5.94 Å². The van der Waals surface area contributed by atoms with Crippen molar-refractivity contribution >= 4 is 5.94 Å². The topological polar surface area (TPSA) is 20.3 Å². The molecule has 0 spiro atoms. The molecule has 2 fully saturated rings. The van der Waals surface area contributed by atoms with E-state index in [2.05, 4.69) is 4.90 Å². The maximum absolute atomic E-state index is 10.1. The molecule has 0 bridgehead atoms. The van der Waals surface area contributed by atoms with Crippen LogP contribution in [0, 0.1) is 11.8 Å². The van der Waals surface area contributed by atoms with Crippen LogP contribution in [0.25, 0.3) is 0 Å². The highest BCUT2D eigenvalue weighted by Crippen LogP contribution is 2.37. The summed E-state index contributed by atoms with van der Waals surface area (Å²) in [5, 5.41) is 0. The van der Waals surface area contributed by atoms with Crippen LogP contribution in [0.2, 0.25) is 0 Å². The molecular formula is C9H13NO. The third-order valence-corrected chi connectivity index (χ3v) is 2.99. The lowest BCUT2D eigenvalue weighted by molar-refractivity contribution is 0.421. The fraction of sp³-hybridized carbons (Fsp3) is 0.778. The molecule has 2 rings (SSSR count). The average molecular weight is 151 g/mol. The number of rotatable bonds is 1. The largest absolute Gasteiger partial charge is 0.368 e. The standard InChI is InChI=1S/C9H13NO/c11-5-4-10-6-8-2-1-3-9(8)7-10/h4,8-9H,1-3,6-7H2/t8-,9+. The first kappa shape index (κ1) is 6.93. The van der Waals surface area contributed by atoms with Gasteiger partial charge in [0.1, 0.15) is 5.94 Å². The molecule has 0 N–H and O–H groups in total. The van der Waals surface area contributed by atoms with E-state index >= 15 is 0 Å². The zero-order valence-corrected chi connectivity index (χ0v) is 6.62. The maximum Gasteiger partial charge on any atom is 0.142 e. The van der Waals surface area contributed by atoms with Gasteiger partial charge in [0.25, 0.3) is 0 Å². The van der Waals surface area contributed by atoms with E-state index < -0.39 is 0 Å². The van der Waals surface area contributed by atoms with E-state index in [4.69, 9.17) is 0 Å². The highest BCUT2D eigenvalue weighted by Gasteiger charge is 2.34. The number of hydrogen-bond acceptors (Lipinski definition) is 2. The van der Waals surface area contributed by atoms with Gasteiger partial charge in [-0.1, -0.05) is 6.42 Å². The molecule has 11 heavy (non-hydrogen) atoms. The van der Waals surface area contributed by atoms with Crippen molar-refractivity contribution in [1.82, 2.24) is 4.90 Å². The Morgan fingerprint density at radius 3 is 2.45 bits per heavy atom. The summed E-state index contributed by atoms with van der Waals surface area (Å²) in [5.41, 5.74) is 0. The van der Waals surface area contributed by atoms with Crippen molar-refractivity contribution in [3.05, 3.63) is 6.20 Å². The summed E-state index contributed by atoms with van der Waals surface area (Å²) in [6.07, 6.45) is 5.70. The van der Waals surface area contributed by atoms with E-state index in [-0.39, 0.29) is 0 Å². The van der Waals surface area contributed by atoms with Crippen molar-refractivity contribution < 1.29 is 4.79 Å². The van der Waals surface area contributed by atoms with Crippen molar-refractivity contribution in [1.29, 1.82) is 0 Å². The van der Waals surface area contributed by atoms with Crippen LogP contribution in [-0.4, -0.2) is 23.9 Å². The monoisotopic (exact) mass is 151 g/mol. The van der Waals surface area contributed by atoms with Crippen LogP contribution in [0.5, 0.6) is 0 Å². The molecule has 2 heteroatoms. The molecule has 0 aromatic heterocycles. The highest BCUT2D eigenvalue weighted by atomic mass is 16.1. The first-order chi connectivity index (χ1) is 5.40. The van der Waals surface area contributed by atoms with Gasteiger partial charge in [-0.3, -0.25) is 0 Å². The fourth-order valence-electron chi connectivity index (χ4n) is 2.45. The lowest BCUT2D eigenvalue weighted by atomic mass is 10.0. The average Bonchev–Trinajstić information content (AvgIpc) is 2.46. The number of likely N-dealkylation sites (tertiary alicyclic amines) is 1. The van der Waals surface area contributed by atoms with Gasteiger partial charge in [-0.15, -0.1) is 0 Å². The molecular weight excluding hydrogens is 138 g/mol. The Hall–Kier alpha value is -0.750. The molecule has 0 amide bonds. The second kappa shape index (κ2) is 2.71. The normalized spacial score (nSPS) is 35.1. The number of hydrogen-bond donors (Lipinski definition) is 0. The van der Waals surface area contributed by atoms with Crippen LogP contribution in [0.15, 0.2) is 6.20 Å². The zero-order valence-electron chi connectivity index (χ0n) is 6.62. The summed E-state index contributed by atoms with van der Waals surface area (Å²) in [4.78, 5) is 12.2. The Bertz CT molecular complexity index is 184. The van der Waals surface area contributed by atoms with Crippen molar-refractivity contribution in [3.63, 3.8) is 0 Å². The Labute approximate surface area is 66.9 Å². The predicted octanol–water partition coefficient (Wildman–Crippen LogP) is 1.06. The van der Waals surface area contributed by atoms with E-state index in [9.17, 15) is 4.79 Å². The molecule has 1 aliphatic carbocycles. The summed E-state index contributed by atoms with van der Waals surface area (Å²) in [7, 11) is 0. The number of nitrogens with zero attached hydrogens (tertiary/aromatic N) is 1. The van der Waals surface area contributed by atoms with Crippen molar-refractivity contribution in [3.8, 4) is 0 Å². The van der Waals surface area contributed by atoms with Crippen LogP contribution >= 0.6 is 0 Å². The SMILES string of the molecule is O=C=CN1C[C@H]2CCC[C@H]2C1. The first-order valence-corrected chi connectivity index (χ1v) is 4.35. The molecule has 0 aromatic carbocycles. The molecule has 0 unspecified atom stereocenters. The van der Waals surface area contributed by atoms with Gasteiger partial charge in [-0.05, 0) is 24.7 Å². The highest BCUT2D eigenvalue weighted by molar-refractivity contribution is 5.44. The second-order valence-electron chi connectivity index (χ2n) is 3.65. The maximum atomic E-state index is 10.1. The molecule has 2 aliphatic rings. The van der Waals surface area contributed by atoms with E-state index in [1.165, 1.54) is 19.3 Å². The third kappa shape index (κ3) is 1.19. The molecule has 0 radical (unpaired) electrons. The minimum atomic E-state index is 0.875. The molecule has 60 valence electrons. The number of fused-ring (bicyclic) bond motifs is 1. The van der Waals surface area contributed by atoms with Gasteiger partial charge in [0.05, 0.1) is 6.20 Å².